The number of pyridine rings is 2. The Hall–Kier alpha value is -4.02. The molecule has 0 atom stereocenters. The summed E-state index contributed by atoms with van der Waals surface area (Å²) in [6.45, 7) is 10.1. The largest absolute Gasteiger partial charge is 0.444 e. The summed E-state index contributed by atoms with van der Waals surface area (Å²) < 4.78 is 45.3. The van der Waals surface area contributed by atoms with Crippen LogP contribution in [-0.2, 0) is 17.3 Å². The Labute approximate surface area is 224 Å². The minimum atomic E-state index is -4.48. The second-order valence-electron chi connectivity index (χ2n) is 10.5. The molecular formula is C28H30F3N5O3. The van der Waals surface area contributed by atoms with Gasteiger partial charge in [0, 0.05) is 31.9 Å². The van der Waals surface area contributed by atoms with E-state index in [0.29, 0.717) is 30.8 Å². The van der Waals surface area contributed by atoms with Crippen molar-refractivity contribution in [1.82, 2.24) is 24.6 Å². The van der Waals surface area contributed by atoms with Crippen molar-refractivity contribution >= 4 is 17.4 Å². The van der Waals surface area contributed by atoms with E-state index in [1.54, 1.807) is 18.0 Å². The molecule has 0 spiro atoms. The first kappa shape index (κ1) is 28.0. The van der Waals surface area contributed by atoms with Gasteiger partial charge in [-0.25, -0.2) is 14.5 Å². The molecule has 0 unspecified atom stereocenters. The zero-order valence-electron chi connectivity index (χ0n) is 22.5. The number of hydrogen-bond acceptors (Lipinski definition) is 6. The van der Waals surface area contributed by atoms with Crippen molar-refractivity contribution in [3.05, 3.63) is 76.5 Å². The summed E-state index contributed by atoms with van der Waals surface area (Å²) in [6, 6.07) is 4.06. The van der Waals surface area contributed by atoms with Crippen LogP contribution in [0.1, 0.15) is 65.6 Å². The highest BCUT2D eigenvalue weighted by Gasteiger charge is 2.31. The number of alkyl halides is 3. The van der Waals surface area contributed by atoms with Crippen molar-refractivity contribution in [2.24, 2.45) is 0 Å². The third kappa shape index (κ3) is 6.52. The first-order chi connectivity index (χ1) is 18.2. The van der Waals surface area contributed by atoms with Crippen molar-refractivity contribution in [2.75, 3.05) is 13.1 Å². The molecule has 1 aliphatic heterocycles. The average molecular weight is 542 g/mol. The van der Waals surface area contributed by atoms with Crippen molar-refractivity contribution < 1.29 is 27.5 Å². The number of hydrogen-bond donors (Lipinski definition) is 0. The molecular weight excluding hydrogens is 511 g/mol. The molecule has 3 aromatic rings. The summed E-state index contributed by atoms with van der Waals surface area (Å²) in [5, 5.41) is 4.16. The van der Waals surface area contributed by atoms with Crippen LogP contribution >= 0.6 is 0 Å². The third-order valence-electron chi connectivity index (χ3n) is 6.27. The molecule has 1 amide bonds. The zero-order chi connectivity index (χ0) is 28.5. The van der Waals surface area contributed by atoms with Gasteiger partial charge in [0.15, 0.2) is 11.6 Å². The topological polar surface area (TPSA) is 90.2 Å². The fourth-order valence-corrected chi connectivity index (χ4v) is 4.32. The molecule has 4 heterocycles. The maximum atomic E-state index is 13.1. The van der Waals surface area contributed by atoms with Gasteiger partial charge in [-0.1, -0.05) is 12.1 Å². The lowest BCUT2D eigenvalue weighted by Crippen LogP contribution is -2.39. The monoisotopic (exact) mass is 541 g/mol. The normalized spacial score (nSPS) is 14.3. The van der Waals surface area contributed by atoms with Gasteiger partial charge < -0.3 is 9.64 Å². The van der Waals surface area contributed by atoms with Gasteiger partial charge in [0.2, 0.25) is 0 Å². The van der Waals surface area contributed by atoms with E-state index < -0.39 is 17.3 Å². The first-order valence-electron chi connectivity index (χ1n) is 12.5. The van der Waals surface area contributed by atoms with Crippen LogP contribution < -0.4 is 0 Å². The van der Waals surface area contributed by atoms with E-state index in [4.69, 9.17) is 4.74 Å². The quantitative estimate of drug-likeness (QED) is 0.382. The summed E-state index contributed by atoms with van der Waals surface area (Å²) in [5.41, 5.74) is 2.93. The molecule has 0 saturated heterocycles. The van der Waals surface area contributed by atoms with E-state index in [2.05, 4.69) is 15.1 Å². The maximum Gasteiger partial charge on any atom is 0.417 e. The fourth-order valence-electron chi connectivity index (χ4n) is 4.32. The average Bonchev–Trinajstić information content (AvgIpc) is 3.24. The first-order valence-corrected chi connectivity index (χ1v) is 12.5. The molecule has 0 radical (unpaired) electrons. The van der Waals surface area contributed by atoms with Crippen LogP contribution in [-0.4, -0.2) is 55.2 Å². The number of ether oxygens (including phenoxy) is 1. The third-order valence-corrected chi connectivity index (χ3v) is 6.27. The van der Waals surface area contributed by atoms with E-state index in [0.717, 1.165) is 34.7 Å². The summed E-state index contributed by atoms with van der Waals surface area (Å²) in [6.07, 6.45) is 1.68. The van der Waals surface area contributed by atoms with Crippen molar-refractivity contribution in [2.45, 2.75) is 59.2 Å². The van der Waals surface area contributed by atoms with Crippen molar-refractivity contribution in [1.29, 1.82) is 0 Å². The maximum absolute atomic E-state index is 13.1. The number of rotatable bonds is 5. The summed E-state index contributed by atoms with van der Waals surface area (Å²) >= 11 is 0. The van der Waals surface area contributed by atoms with E-state index in [1.807, 2.05) is 39.8 Å². The van der Waals surface area contributed by atoms with E-state index in [1.165, 1.54) is 16.9 Å². The van der Waals surface area contributed by atoms with Crippen LogP contribution in [0.25, 0.3) is 11.4 Å². The molecule has 3 aromatic heterocycles. The van der Waals surface area contributed by atoms with E-state index >= 15 is 0 Å². The van der Waals surface area contributed by atoms with Gasteiger partial charge in [-0.2, -0.15) is 18.3 Å². The highest BCUT2D eigenvalue weighted by molar-refractivity contribution is 5.98. The lowest BCUT2D eigenvalue weighted by molar-refractivity contribution is -0.137. The van der Waals surface area contributed by atoms with Crippen LogP contribution in [0.2, 0.25) is 0 Å². The predicted molar refractivity (Wildman–Crippen MR) is 139 cm³/mol. The number of nitrogens with zero attached hydrogens (tertiary/aromatic N) is 5. The highest BCUT2D eigenvalue weighted by Crippen LogP contribution is 2.29. The van der Waals surface area contributed by atoms with Gasteiger partial charge in [0.05, 0.1) is 28.7 Å². The minimum Gasteiger partial charge on any atom is -0.444 e. The number of carbonyl (C=O) groups excluding carboxylic acids is 2. The molecule has 0 N–H and O–H groups in total. The number of halogens is 3. The van der Waals surface area contributed by atoms with Gasteiger partial charge >= 0.3 is 12.3 Å². The minimum absolute atomic E-state index is 0.0898. The van der Waals surface area contributed by atoms with E-state index in [-0.39, 0.29) is 24.1 Å². The SMILES string of the molecule is Cc1cc(CC(=O)c2cnn(-c3ccc(C(F)(F)F)cn3)c2C)cnc1C1=CCN(C(=O)OC(C)(C)C)CC1. The number of aryl methyl sites for hydroxylation is 1. The fraction of sp³-hybridized carbons (Fsp3) is 0.393. The Balaban J connectivity index is 1.43. The van der Waals surface area contributed by atoms with Gasteiger partial charge in [-0.3, -0.25) is 9.78 Å². The molecule has 0 aromatic carbocycles. The van der Waals surface area contributed by atoms with Crippen molar-refractivity contribution in [3.63, 3.8) is 0 Å². The second kappa shape index (κ2) is 10.6. The standard InChI is InChI=1S/C28H30F3N5O3/c1-17-12-19(14-33-25(17)20-8-10-35(11-9-20)26(38)39-27(3,4)5)13-23(37)22-16-34-36(18(22)2)24-7-6-21(15-32-24)28(29,30)31/h6-8,12,14-16H,9-11,13H2,1-5H3. The molecule has 8 nitrogen and oxygen atoms in total. The number of amides is 1. The molecule has 0 bridgehead atoms. The Morgan fingerprint density at radius 2 is 1.79 bits per heavy atom. The number of aromatic nitrogens is 4. The van der Waals surface area contributed by atoms with Crippen LogP contribution in [0.4, 0.5) is 18.0 Å². The summed E-state index contributed by atoms with van der Waals surface area (Å²) in [7, 11) is 0. The summed E-state index contributed by atoms with van der Waals surface area (Å²) in [4.78, 5) is 35.5. The Morgan fingerprint density at radius 3 is 2.36 bits per heavy atom. The zero-order valence-corrected chi connectivity index (χ0v) is 22.5. The van der Waals surface area contributed by atoms with Gasteiger partial charge in [-0.15, -0.1) is 0 Å². The Bertz CT molecular complexity index is 1420. The van der Waals surface area contributed by atoms with Gasteiger partial charge in [-0.05, 0) is 69.9 Å². The molecule has 11 heteroatoms. The van der Waals surface area contributed by atoms with Crippen molar-refractivity contribution in [3.8, 4) is 5.82 Å². The molecule has 0 aliphatic carbocycles. The smallest absolute Gasteiger partial charge is 0.417 e. The van der Waals surface area contributed by atoms with Crippen LogP contribution in [0.15, 0.2) is 42.9 Å². The molecule has 0 saturated carbocycles. The lowest BCUT2D eigenvalue weighted by atomic mass is 9.98. The van der Waals surface area contributed by atoms with E-state index in [9.17, 15) is 22.8 Å². The number of carbonyl (C=O) groups is 2. The highest BCUT2D eigenvalue weighted by atomic mass is 19.4. The van der Waals surface area contributed by atoms with Gasteiger partial charge in [0.25, 0.3) is 0 Å². The van der Waals surface area contributed by atoms with Crippen LogP contribution in [0.3, 0.4) is 0 Å². The van der Waals surface area contributed by atoms with Crippen LogP contribution in [0.5, 0.6) is 0 Å². The molecule has 4 rings (SSSR count). The Kier molecular flexibility index (Phi) is 7.63. The molecule has 206 valence electrons. The Morgan fingerprint density at radius 1 is 1.05 bits per heavy atom. The number of ketones is 1. The second-order valence-corrected chi connectivity index (χ2v) is 10.5. The van der Waals surface area contributed by atoms with Gasteiger partial charge in [0.1, 0.15) is 5.60 Å². The number of Topliss-reactive ketones (excluding diaryl/α,β-unsaturated/α-hetero) is 1. The molecule has 0 fully saturated rings. The molecule has 39 heavy (non-hydrogen) atoms. The van der Waals surface area contributed by atoms with Crippen LogP contribution in [0, 0.1) is 13.8 Å². The predicted octanol–water partition coefficient (Wildman–Crippen LogP) is 5.75. The molecule has 1 aliphatic rings. The summed E-state index contributed by atoms with van der Waals surface area (Å²) in [5.74, 6) is -0.00287. The lowest BCUT2D eigenvalue weighted by Gasteiger charge is -2.29.